The van der Waals surface area contributed by atoms with Gasteiger partial charge in [-0.05, 0) is 58.1 Å². The second-order valence-electron chi connectivity index (χ2n) is 5.25. The lowest BCUT2D eigenvalue weighted by Crippen LogP contribution is -2.08. The fraction of sp³-hybridized carbons (Fsp3) is 0.692. The van der Waals surface area contributed by atoms with Crippen LogP contribution in [0.25, 0.3) is 0 Å². The fourth-order valence-corrected chi connectivity index (χ4v) is 6.34. The van der Waals surface area contributed by atoms with Crippen LogP contribution in [0.5, 0.6) is 0 Å². The molecular weight excluding hydrogens is 188 g/mol. The molecule has 0 N–H and O–H groups in total. The summed E-state index contributed by atoms with van der Waals surface area (Å²) in [5.74, 6) is 4.11. The zero-order valence-corrected chi connectivity index (χ0v) is 11.3. The van der Waals surface area contributed by atoms with Crippen LogP contribution >= 0.6 is 10.0 Å². The molecule has 0 saturated heterocycles. The van der Waals surface area contributed by atoms with Gasteiger partial charge in [-0.2, -0.15) is 0 Å². The van der Waals surface area contributed by atoms with Gasteiger partial charge in [-0.1, -0.05) is 22.3 Å². The first-order valence-electron chi connectivity index (χ1n) is 5.33. The molecule has 0 saturated carbocycles. The van der Waals surface area contributed by atoms with Gasteiger partial charge in [0.15, 0.2) is 0 Å². The lowest BCUT2D eigenvalue weighted by atomic mass is 10.2. The first-order valence-corrected chi connectivity index (χ1v) is 7.88. The van der Waals surface area contributed by atoms with Gasteiger partial charge in [-0.15, -0.1) is 0 Å². The molecule has 1 aliphatic rings. The van der Waals surface area contributed by atoms with Gasteiger partial charge in [-0.3, -0.25) is 0 Å². The lowest BCUT2D eigenvalue weighted by molar-refractivity contribution is 1.23. The van der Waals surface area contributed by atoms with E-state index in [1.165, 1.54) is 22.8 Å². The zero-order chi connectivity index (χ0) is 10.9. The van der Waals surface area contributed by atoms with Crippen molar-refractivity contribution < 1.29 is 0 Å². The van der Waals surface area contributed by atoms with Crippen LogP contribution in [0.1, 0.15) is 34.6 Å². The van der Waals surface area contributed by atoms with Gasteiger partial charge in [0.2, 0.25) is 0 Å². The summed E-state index contributed by atoms with van der Waals surface area (Å²) in [6.07, 6.45) is 2.51. The van der Waals surface area contributed by atoms with Crippen LogP contribution in [-0.4, -0.2) is 23.5 Å². The average Bonchev–Trinajstić information content (AvgIpc) is 2.25. The highest BCUT2D eigenvalue weighted by Crippen LogP contribution is 2.53. The van der Waals surface area contributed by atoms with E-state index in [0.29, 0.717) is 0 Å². The first-order chi connectivity index (χ1) is 6.34. The Hall–Kier alpha value is -0.170. The molecule has 1 rings (SSSR count). The Bertz CT molecular complexity index is 276. The lowest BCUT2D eigenvalue weighted by Gasteiger charge is -2.32. The first kappa shape index (κ1) is 11.9. The minimum atomic E-state index is -0.378. The summed E-state index contributed by atoms with van der Waals surface area (Å²) >= 11 is 0. The summed E-state index contributed by atoms with van der Waals surface area (Å²) in [6, 6.07) is 0. The average molecular weight is 212 g/mol. The summed E-state index contributed by atoms with van der Waals surface area (Å²) in [4.78, 5) is 0. The third kappa shape index (κ3) is 2.66. The quantitative estimate of drug-likeness (QED) is 0.604. The van der Waals surface area contributed by atoms with E-state index in [9.17, 15) is 0 Å². The van der Waals surface area contributed by atoms with Crippen molar-refractivity contribution in [1.82, 2.24) is 0 Å². The van der Waals surface area contributed by atoms with Gasteiger partial charge in [0.05, 0.1) is 0 Å². The zero-order valence-electron chi connectivity index (χ0n) is 10.5. The van der Waals surface area contributed by atoms with E-state index < -0.39 is 0 Å². The Morgan fingerprint density at radius 3 is 1.86 bits per heavy atom. The van der Waals surface area contributed by atoms with E-state index in [1.807, 2.05) is 0 Å². The van der Waals surface area contributed by atoms with Crippen molar-refractivity contribution in [3.8, 4) is 0 Å². The van der Waals surface area contributed by atoms with Crippen LogP contribution in [0.2, 0.25) is 0 Å². The molecule has 0 aromatic heterocycles. The van der Waals surface area contributed by atoms with Crippen molar-refractivity contribution in [3.63, 3.8) is 0 Å². The normalized spacial score (nSPS) is 22.4. The van der Waals surface area contributed by atoms with E-state index in [0.717, 1.165) is 0 Å². The third-order valence-electron chi connectivity index (χ3n) is 3.28. The summed E-state index contributed by atoms with van der Waals surface area (Å²) < 4.78 is 0. The van der Waals surface area contributed by atoms with Crippen molar-refractivity contribution in [2.75, 3.05) is 23.5 Å². The minimum Gasteiger partial charge on any atom is -0.233 e. The molecule has 0 nitrogen and oxygen atoms in total. The molecule has 1 aliphatic heterocycles. The molecule has 82 valence electrons. The van der Waals surface area contributed by atoms with Crippen molar-refractivity contribution >= 4 is 10.0 Å². The summed E-state index contributed by atoms with van der Waals surface area (Å²) in [6.45, 7) is 11.4. The standard InChI is InChI=1S/C13H24S/c1-10(2)11(3)7-14(6)8-12(4)13(5)9-14/h7-9H2,1-6H3. The van der Waals surface area contributed by atoms with E-state index in [-0.39, 0.29) is 10.0 Å². The SMILES string of the molecule is CC(C)=C(C)CS1(C)CC(C)=C(C)C1. The van der Waals surface area contributed by atoms with Gasteiger partial charge in [0, 0.05) is 0 Å². The predicted molar refractivity (Wildman–Crippen MR) is 70.5 cm³/mol. The smallest absolute Gasteiger partial charge is 0.00129 e. The molecule has 0 amide bonds. The van der Waals surface area contributed by atoms with E-state index in [2.05, 4.69) is 40.9 Å². The van der Waals surface area contributed by atoms with Gasteiger partial charge < -0.3 is 0 Å². The summed E-state index contributed by atoms with van der Waals surface area (Å²) in [7, 11) is -0.378. The molecule has 0 aromatic rings. The molecule has 0 bridgehead atoms. The van der Waals surface area contributed by atoms with E-state index >= 15 is 0 Å². The predicted octanol–water partition coefficient (Wildman–Crippen LogP) is 4.13. The minimum absolute atomic E-state index is 0.378. The Balaban J connectivity index is 2.69. The second kappa shape index (κ2) is 4.14. The molecular formula is C13H24S. The van der Waals surface area contributed by atoms with Crippen molar-refractivity contribution in [1.29, 1.82) is 0 Å². The van der Waals surface area contributed by atoms with Crippen LogP contribution in [0.4, 0.5) is 0 Å². The van der Waals surface area contributed by atoms with Crippen LogP contribution < -0.4 is 0 Å². The van der Waals surface area contributed by atoms with Gasteiger partial charge in [0.1, 0.15) is 0 Å². The van der Waals surface area contributed by atoms with Crippen LogP contribution in [0.3, 0.4) is 0 Å². The molecule has 0 fully saturated rings. The van der Waals surface area contributed by atoms with E-state index in [1.54, 1.807) is 16.7 Å². The van der Waals surface area contributed by atoms with Gasteiger partial charge >= 0.3 is 0 Å². The van der Waals surface area contributed by atoms with Gasteiger partial charge in [-0.25, -0.2) is 10.0 Å². The number of hydrogen-bond donors (Lipinski definition) is 0. The van der Waals surface area contributed by atoms with Gasteiger partial charge in [0.25, 0.3) is 0 Å². The Morgan fingerprint density at radius 1 is 1.07 bits per heavy atom. The second-order valence-corrected chi connectivity index (χ2v) is 9.08. The molecule has 1 heteroatoms. The fourth-order valence-electron chi connectivity index (χ4n) is 2.11. The monoisotopic (exact) mass is 212 g/mol. The maximum absolute atomic E-state index is 2.51. The third-order valence-corrected chi connectivity index (χ3v) is 6.67. The largest absolute Gasteiger partial charge is 0.233 e. The number of rotatable bonds is 2. The Labute approximate surface area is 90.8 Å². The highest BCUT2D eigenvalue weighted by molar-refractivity contribution is 8.33. The van der Waals surface area contributed by atoms with Crippen molar-refractivity contribution in [2.24, 2.45) is 0 Å². The molecule has 0 unspecified atom stereocenters. The Morgan fingerprint density at radius 2 is 1.50 bits per heavy atom. The molecule has 0 radical (unpaired) electrons. The molecule has 0 aliphatic carbocycles. The highest BCUT2D eigenvalue weighted by atomic mass is 32.3. The number of allylic oxidation sites excluding steroid dienone is 1. The summed E-state index contributed by atoms with van der Waals surface area (Å²) in [5, 5.41) is 0. The van der Waals surface area contributed by atoms with Crippen molar-refractivity contribution in [3.05, 3.63) is 22.3 Å². The maximum Gasteiger partial charge on any atom is -0.00129 e. The topological polar surface area (TPSA) is 0 Å². The molecule has 0 spiro atoms. The highest BCUT2D eigenvalue weighted by Gasteiger charge is 2.26. The maximum atomic E-state index is 2.51. The van der Waals surface area contributed by atoms with Crippen LogP contribution in [-0.2, 0) is 0 Å². The molecule has 0 atom stereocenters. The molecule has 14 heavy (non-hydrogen) atoms. The van der Waals surface area contributed by atoms with Crippen molar-refractivity contribution in [2.45, 2.75) is 34.6 Å². The molecule has 1 heterocycles. The van der Waals surface area contributed by atoms with E-state index in [4.69, 9.17) is 0 Å². The van der Waals surface area contributed by atoms with Crippen LogP contribution in [0.15, 0.2) is 22.3 Å². The summed E-state index contributed by atoms with van der Waals surface area (Å²) in [5.41, 5.74) is 6.44. The molecule has 0 aromatic carbocycles. The number of hydrogen-bond acceptors (Lipinski definition) is 0. The van der Waals surface area contributed by atoms with Crippen LogP contribution in [0, 0.1) is 0 Å². The Kier molecular flexibility index (Phi) is 3.52.